The Hall–Kier alpha value is -2.66. The maximum Gasteiger partial charge on any atom is 0.274 e. The molecule has 1 atom stereocenters. The van der Waals surface area contributed by atoms with E-state index in [2.05, 4.69) is 69.6 Å². The van der Waals surface area contributed by atoms with Crippen LogP contribution in [0.4, 0.5) is 5.69 Å². The van der Waals surface area contributed by atoms with E-state index < -0.39 is 0 Å². The summed E-state index contributed by atoms with van der Waals surface area (Å²) >= 11 is 1.47. The van der Waals surface area contributed by atoms with Gasteiger partial charge in [0, 0.05) is 17.3 Å². The van der Waals surface area contributed by atoms with Crippen molar-refractivity contribution in [3.63, 3.8) is 0 Å². The van der Waals surface area contributed by atoms with Crippen LogP contribution in [0.5, 0.6) is 0 Å². The molecule has 31 heavy (non-hydrogen) atoms. The van der Waals surface area contributed by atoms with Gasteiger partial charge in [0.25, 0.3) is 5.56 Å². The van der Waals surface area contributed by atoms with Crippen molar-refractivity contribution in [1.82, 2.24) is 9.38 Å². The summed E-state index contributed by atoms with van der Waals surface area (Å²) in [6, 6.07) is 12.9. The number of nitrogens with zero attached hydrogens (tertiary/aromatic N) is 3. The molecule has 0 saturated carbocycles. The third-order valence-corrected chi connectivity index (χ3v) is 7.58. The molecule has 0 amide bonds. The van der Waals surface area contributed by atoms with Crippen molar-refractivity contribution in [2.45, 2.75) is 65.5 Å². The van der Waals surface area contributed by atoms with Gasteiger partial charge in [-0.05, 0) is 94.0 Å². The van der Waals surface area contributed by atoms with Gasteiger partial charge < -0.3 is 4.90 Å². The quantitative estimate of drug-likeness (QED) is 0.434. The summed E-state index contributed by atoms with van der Waals surface area (Å²) in [7, 11) is 0. The summed E-state index contributed by atoms with van der Waals surface area (Å²) in [4.78, 5) is 21.2. The summed E-state index contributed by atoms with van der Waals surface area (Å²) < 4.78 is 2.48. The summed E-state index contributed by atoms with van der Waals surface area (Å²) in [5.74, 6) is 0.476. The lowest BCUT2D eigenvalue weighted by Crippen LogP contribution is -2.51. The highest BCUT2D eigenvalue weighted by atomic mass is 32.1. The Kier molecular flexibility index (Phi) is 4.52. The standard InChI is InChI=1S/C26H29N3OS/c1-15(2)29-22-11-16(3)18(12-19(22)17(4)14-26(29,5)6)13-23-24(30)28-21-10-8-7-9-20(21)27-25(28)31-23/h7-13,15,17H,14H2,1-6H3/b23-13-/t17-/m0/s1. The number of rotatable bonds is 2. The van der Waals surface area contributed by atoms with Crippen LogP contribution in [-0.2, 0) is 0 Å². The van der Waals surface area contributed by atoms with Crippen molar-refractivity contribution in [2.24, 2.45) is 0 Å². The first-order valence-corrected chi connectivity index (χ1v) is 11.8. The number of para-hydroxylation sites is 2. The topological polar surface area (TPSA) is 37.6 Å². The molecule has 2 aromatic heterocycles. The van der Waals surface area contributed by atoms with Gasteiger partial charge in [0.2, 0.25) is 0 Å². The molecule has 0 N–H and O–H groups in total. The van der Waals surface area contributed by atoms with Crippen molar-refractivity contribution < 1.29 is 0 Å². The zero-order valence-electron chi connectivity index (χ0n) is 19.1. The number of aryl methyl sites for hydroxylation is 1. The van der Waals surface area contributed by atoms with Crippen LogP contribution >= 0.6 is 11.3 Å². The van der Waals surface area contributed by atoms with E-state index in [4.69, 9.17) is 0 Å². The number of aromatic nitrogens is 2. The lowest BCUT2D eigenvalue weighted by atomic mass is 9.78. The first-order valence-electron chi connectivity index (χ1n) is 11.0. The zero-order chi connectivity index (χ0) is 22.1. The van der Waals surface area contributed by atoms with Crippen LogP contribution in [0, 0.1) is 6.92 Å². The third kappa shape index (κ3) is 3.09. The maximum absolute atomic E-state index is 13.2. The molecule has 3 heterocycles. The molecular formula is C26H29N3OS. The van der Waals surface area contributed by atoms with Crippen LogP contribution in [-0.4, -0.2) is 21.0 Å². The minimum Gasteiger partial charge on any atom is -0.364 e. The molecule has 2 aromatic carbocycles. The number of anilines is 1. The Balaban J connectivity index is 1.69. The molecular weight excluding hydrogens is 402 g/mol. The second kappa shape index (κ2) is 6.92. The SMILES string of the molecule is Cc1cc2c(cc1/C=c1\sc3nc4ccccc4n3c1=O)[C@@H](C)CC(C)(C)N2C(C)C. The molecule has 0 aliphatic carbocycles. The fourth-order valence-electron chi connectivity index (χ4n) is 5.50. The molecule has 0 spiro atoms. The van der Waals surface area contributed by atoms with E-state index in [1.807, 2.05) is 24.3 Å². The van der Waals surface area contributed by atoms with Gasteiger partial charge in [0.1, 0.15) is 0 Å². The first kappa shape index (κ1) is 20.3. The van der Waals surface area contributed by atoms with Crippen LogP contribution < -0.4 is 15.0 Å². The fourth-order valence-corrected chi connectivity index (χ4v) is 6.48. The Labute approximate surface area is 186 Å². The van der Waals surface area contributed by atoms with Crippen LogP contribution in [0.1, 0.15) is 63.6 Å². The predicted molar refractivity (Wildman–Crippen MR) is 132 cm³/mol. The summed E-state index contributed by atoms with van der Waals surface area (Å²) in [5.41, 5.74) is 6.93. The normalized spacial score (nSPS) is 19.0. The average molecular weight is 432 g/mol. The van der Waals surface area contributed by atoms with Crippen molar-refractivity contribution >= 4 is 39.1 Å². The number of fused-ring (bicyclic) bond motifs is 4. The van der Waals surface area contributed by atoms with E-state index in [9.17, 15) is 4.79 Å². The van der Waals surface area contributed by atoms with Crippen LogP contribution in [0.15, 0.2) is 41.2 Å². The highest BCUT2D eigenvalue weighted by molar-refractivity contribution is 7.15. The summed E-state index contributed by atoms with van der Waals surface area (Å²) in [5, 5.41) is 0. The van der Waals surface area contributed by atoms with Gasteiger partial charge in [-0.25, -0.2) is 9.38 Å². The van der Waals surface area contributed by atoms with E-state index in [1.165, 1.54) is 28.2 Å². The van der Waals surface area contributed by atoms with Gasteiger partial charge in [0.15, 0.2) is 4.96 Å². The van der Waals surface area contributed by atoms with E-state index >= 15 is 0 Å². The van der Waals surface area contributed by atoms with Gasteiger partial charge in [-0.1, -0.05) is 30.4 Å². The smallest absolute Gasteiger partial charge is 0.274 e. The van der Waals surface area contributed by atoms with Gasteiger partial charge in [0.05, 0.1) is 15.6 Å². The lowest BCUT2D eigenvalue weighted by molar-refractivity contribution is 0.356. The third-order valence-electron chi connectivity index (χ3n) is 6.61. The maximum atomic E-state index is 13.2. The Bertz CT molecular complexity index is 1430. The molecule has 160 valence electrons. The van der Waals surface area contributed by atoms with E-state index in [1.54, 1.807) is 4.40 Å². The molecule has 5 rings (SSSR count). The molecule has 0 bridgehead atoms. The highest BCUT2D eigenvalue weighted by Gasteiger charge is 2.37. The van der Waals surface area contributed by atoms with Gasteiger partial charge in [-0.2, -0.15) is 0 Å². The second-order valence-electron chi connectivity index (χ2n) is 9.78. The number of hydrogen-bond donors (Lipinski definition) is 0. The minimum absolute atomic E-state index is 0.0174. The average Bonchev–Trinajstić information content (AvgIpc) is 3.18. The highest BCUT2D eigenvalue weighted by Crippen LogP contribution is 2.45. The monoisotopic (exact) mass is 431 g/mol. The van der Waals surface area contributed by atoms with Gasteiger partial charge in [-0.3, -0.25) is 4.79 Å². The summed E-state index contributed by atoms with van der Waals surface area (Å²) in [6.07, 6.45) is 3.17. The molecule has 0 unspecified atom stereocenters. The molecule has 0 saturated heterocycles. The zero-order valence-corrected chi connectivity index (χ0v) is 19.9. The number of hydrogen-bond acceptors (Lipinski definition) is 4. The molecule has 1 aliphatic heterocycles. The first-order chi connectivity index (χ1) is 14.7. The van der Waals surface area contributed by atoms with Crippen LogP contribution in [0.25, 0.3) is 22.1 Å². The van der Waals surface area contributed by atoms with Crippen LogP contribution in [0.2, 0.25) is 0 Å². The van der Waals surface area contributed by atoms with Gasteiger partial charge in [-0.15, -0.1) is 0 Å². The van der Waals surface area contributed by atoms with E-state index in [-0.39, 0.29) is 11.1 Å². The fraction of sp³-hybridized carbons (Fsp3) is 0.385. The Morgan fingerprint density at radius 1 is 1.23 bits per heavy atom. The number of thiazole rings is 1. The Morgan fingerprint density at radius 3 is 2.71 bits per heavy atom. The molecule has 4 aromatic rings. The van der Waals surface area contributed by atoms with Crippen molar-refractivity contribution in [3.05, 3.63) is 68.0 Å². The summed E-state index contributed by atoms with van der Waals surface area (Å²) in [6.45, 7) is 13.7. The molecule has 4 nitrogen and oxygen atoms in total. The lowest BCUT2D eigenvalue weighted by Gasteiger charge is -2.50. The Morgan fingerprint density at radius 2 is 1.97 bits per heavy atom. The molecule has 5 heteroatoms. The number of benzene rings is 2. The van der Waals surface area contributed by atoms with E-state index in [0.29, 0.717) is 12.0 Å². The predicted octanol–water partition coefficient (Wildman–Crippen LogP) is 5.27. The largest absolute Gasteiger partial charge is 0.364 e. The van der Waals surface area contributed by atoms with E-state index in [0.717, 1.165) is 32.5 Å². The van der Waals surface area contributed by atoms with Crippen molar-refractivity contribution in [1.29, 1.82) is 0 Å². The second-order valence-corrected chi connectivity index (χ2v) is 10.8. The number of imidazole rings is 1. The van der Waals surface area contributed by atoms with Crippen LogP contribution in [0.3, 0.4) is 0 Å². The minimum atomic E-state index is 0.0174. The molecule has 0 fully saturated rings. The van der Waals surface area contributed by atoms with Crippen molar-refractivity contribution in [2.75, 3.05) is 4.90 Å². The molecule has 1 aliphatic rings. The van der Waals surface area contributed by atoms with Gasteiger partial charge >= 0.3 is 0 Å². The molecule has 0 radical (unpaired) electrons. The van der Waals surface area contributed by atoms with Crippen molar-refractivity contribution in [3.8, 4) is 0 Å².